The summed E-state index contributed by atoms with van der Waals surface area (Å²) < 4.78 is 68.3. The van der Waals surface area contributed by atoms with Crippen molar-refractivity contribution in [1.82, 2.24) is 0 Å². The van der Waals surface area contributed by atoms with Crippen LogP contribution in [0.15, 0.2) is 24.3 Å². The molecule has 542 valence electrons. The number of allylic oxidation sites excluding steroid dienone is 4. The van der Waals surface area contributed by atoms with Gasteiger partial charge in [-0.3, -0.25) is 37.3 Å². The average Bonchev–Trinajstić information content (AvgIpc) is 1.78. The first-order chi connectivity index (χ1) is 44.3. The van der Waals surface area contributed by atoms with Gasteiger partial charge in [-0.2, -0.15) is 0 Å². The monoisotopic (exact) mass is 1350 g/mol. The lowest BCUT2D eigenvalue weighted by Gasteiger charge is -2.21. The van der Waals surface area contributed by atoms with E-state index in [0.29, 0.717) is 25.7 Å². The highest BCUT2D eigenvalue weighted by atomic mass is 31.2. The molecule has 17 nitrogen and oxygen atoms in total. The van der Waals surface area contributed by atoms with Crippen LogP contribution >= 0.6 is 15.6 Å². The minimum absolute atomic E-state index is 0.0837. The fraction of sp³-hybridized carbons (Fsp3) is 0.890. The van der Waals surface area contributed by atoms with Crippen molar-refractivity contribution < 1.29 is 80.2 Å². The van der Waals surface area contributed by atoms with Gasteiger partial charge in [0.1, 0.15) is 19.3 Å². The lowest BCUT2D eigenvalue weighted by molar-refractivity contribution is -0.161. The number of aliphatic hydroxyl groups excluding tert-OH is 1. The molecule has 0 heterocycles. The molecule has 92 heavy (non-hydrogen) atoms. The molecule has 0 bridgehead atoms. The van der Waals surface area contributed by atoms with Gasteiger partial charge in [-0.25, -0.2) is 9.13 Å². The number of ether oxygens (including phenoxy) is 4. The van der Waals surface area contributed by atoms with E-state index < -0.39 is 97.5 Å². The van der Waals surface area contributed by atoms with Crippen LogP contribution in [0.4, 0.5) is 0 Å². The Morgan fingerprint density at radius 1 is 0.359 bits per heavy atom. The van der Waals surface area contributed by atoms with E-state index in [4.69, 9.17) is 37.0 Å². The van der Waals surface area contributed by atoms with Crippen LogP contribution in [0.2, 0.25) is 0 Å². The zero-order valence-corrected chi connectivity index (χ0v) is 61.3. The average molecular weight is 1350 g/mol. The van der Waals surface area contributed by atoms with E-state index in [1.165, 1.54) is 135 Å². The molecule has 0 aliphatic carbocycles. The summed E-state index contributed by atoms with van der Waals surface area (Å²) in [5, 5.41) is 10.6. The highest BCUT2D eigenvalue weighted by molar-refractivity contribution is 7.47. The standard InChI is InChI=1S/C73H138O17P2/c1-8-10-11-12-13-14-15-16-17-18-23-28-33-42-49-56-72(77)90-69(61-84-71(76)55-48-41-36-35-39-46-53-66(7)9-2)63-88-92(81,82)86-59-67(74)58-85-91(79,80)87-62-68(89-73(78)57-50-43-34-29-24-26-31-38-45-52-65(5)6)60-83-70(75)54-47-40-32-27-22-20-19-21-25-30-37-44-51-64(3)4/h14-17,64-69,74H,8-13,18-63H2,1-7H3,(H,79,80)(H,81,82)/b15-14-,17-16-/t66?,67-,68-,69-/m1/s1. The molecule has 0 saturated carbocycles. The maximum absolute atomic E-state index is 13.0. The van der Waals surface area contributed by atoms with Crippen LogP contribution in [-0.2, 0) is 65.4 Å². The Morgan fingerprint density at radius 3 is 0.967 bits per heavy atom. The number of aliphatic hydroxyl groups is 1. The molecule has 0 aliphatic heterocycles. The number of hydrogen-bond acceptors (Lipinski definition) is 15. The summed E-state index contributed by atoms with van der Waals surface area (Å²) in [6, 6.07) is 0. The van der Waals surface area contributed by atoms with Gasteiger partial charge < -0.3 is 33.8 Å². The van der Waals surface area contributed by atoms with E-state index in [0.717, 1.165) is 127 Å². The molecule has 19 heteroatoms. The molecule has 0 amide bonds. The molecule has 6 atom stereocenters. The highest BCUT2D eigenvalue weighted by Gasteiger charge is 2.30. The summed E-state index contributed by atoms with van der Waals surface area (Å²) in [5.41, 5.74) is 0. The van der Waals surface area contributed by atoms with E-state index in [1.807, 2.05) is 0 Å². The van der Waals surface area contributed by atoms with Crippen molar-refractivity contribution >= 4 is 39.5 Å². The second kappa shape index (κ2) is 63.3. The van der Waals surface area contributed by atoms with Crippen molar-refractivity contribution in [3.05, 3.63) is 24.3 Å². The molecule has 3 unspecified atom stereocenters. The SMILES string of the molecule is CCCCCC/C=C\C=C/CCCCCCCC(=O)O[C@H](COC(=O)CCCCCCCCC(C)CC)COP(=O)(O)OC[C@H](O)COP(=O)(O)OC[C@@H](COC(=O)CCCCCCCCCCCCCCC(C)C)OC(=O)CCCCCCCCCCCC(C)C. The molecular weight excluding hydrogens is 1210 g/mol. The molecular formula is C73H138O17P2. The molecule has 0 fully saturated rings. The topological polar surface area (TPSA) is 237 Å². The predicted molar refractivity (Wildman–Crippen MR) is 372 cm³/mol. The van der Waals surface area contributed by atoms with Crippen LogP contribution in [0.5, 0.6) is 0 Å². The van der Waals surface area contributed by atoms with Gasteiger partial charge in [-0.1, -0.05) is 291 Å². The normalized spacial score (nSPS) is 14.6. The molecule has 0 aromatic carbocycles. The van der Waals surface area contributed by atoms with E-state index in [1.54, 1.807) is 0 Å². The Balaban J connectivity index is 5.28. The van der Waals surface area contributed by atoms with Crippen LogP contribution in [0.3, 0.4) is 0 Å². The molecule has 0 rings (SSSR count). The van der Waals surface area contributed by atoms with Gasteiger partial charge in [0.2, 0.25) is 0 Å². The quantitative estimate of drug-likeness (QED) is 0.0169. The summed E-state index contributed by atoms with van der Waals surface area (Å²) >= 11 is 0. The highest BCUT2D eigenvalue weighted by Crippen LogP contribution is 2.45. The largest absolute Gasteiger partial charge is 0.472 e. The zero-order chi connectivity index (χ0) is 68.0. The van der Waals surface area contributed by atoms with Crippen LogP contribution in [0, 0.1) is 17.8 Å². The van der Waals surface area contributed by atoms with Gasteiger partial charge in [0.25, 0.3) is 0 Å². The van der Waals surface area contributed by atoms with Gasteiger partial charge >= 0.3 is 39.5 Å². The van der Waals surface area contributed by atoms with Gasteiger partial charge in [-0.15, -0.1) is 0 Å². The van der Waals surface area contributed by atoms with Crippen LogP contribution < -0.4 is 0 Å². The molecule has 0 spiro atoms. The van der Waals surface area contributed by atoms with E-state index in [2.05, 4.69) is 72.8 Å². The first-order valence-corrected chi connectivity index (χ1v) is 40.2. The first kappa shape index (κ1) is 89.5. The minimum atomic E-state index is -4.96. The number of carbonyl (C=O) groups is 4. The lowest BCUT2D eigenvalue weighted by Crippen LogP contribution is -2.30. The van der Waals surface area contributed by atoms with E-state index >= 15 is 0 Å². The van der Waals surface area contributed by atoms with E-state index in [-0.39, 0.29) is 25.7 Å². The third-order valence-electron chi connectivity index (χ3n) is 16.6. The maximum atomic E-state index is 13.0. The fourth-order valence-electron chi connectivity index (χ4n) is 10.5. The Hall–Kier alpha value is -2.46. The molecule has 0 aromatic rings. The Morgan fingerprint density at radius 2 is 0.641 bits per heavy atom. The Kier molecular flexibility index (Phi) is 61.6. The maximum Gasteiger partial charge on any atom is 0.472 e. The molecule has 0 aromatic heterocycles. The Labute approximate surface area is 561 Å². The van der Waals surface area contributed by atoms with Crippen LogP contribution in [0.25, 0.3) is 0 Å². The van der Waals surface area contributed by atoms with Crippen molar-refractivity contribution in [2.24, 2.45) is 17.8 Å². The molecule has 3 N–H and O–H groups in total. The smallest absolute Gasteiger partial charge is 0.462 e. The number of phosphoric acid groups is 2. The van der Waals surface area contributed by atoms with Crippen LogP contribution in [0.1, 0.15) is 344 Å². The van der Waals surface area contributed by atoms with E-state index in [9.17, 15) is 43.2 Å². The second-order valence-corrected chi connectivity index (χ2v) is 29.7. The van der Waals surface area contributed by atoms with Gasteiger partial charge in [0.05, 0.1) is 26.4 Å². The van der Waals surface area contributed by atoms with Crippen molar-refractivity contribution in [3.8, 4) is 0 Å². The number of carbonyl (C=O) groups excluding carboxylic acids is 4. The number of esters is 4. The summed E-state index contributed by atoms with van der Waals surface area (Å²) in [6.07, 6.45) is 50.8. The molecule has 0 radical (unpaired) electrons. The van der Waals surface area contributed by atoms with Gasteiger partial charge in [-0.05, 0) is 69.1 Å². The first-order valence-electron chi connectivity index (χ1n) is 37.2. The van der Waals surface area contributed by atoms with Crippen LogP contribution in [-0.4, -0.2) is 96.7 Å². The zero-order valence-electron chi connectivity index (χ0n) is 59.5. The predicted octanol–water partition coefficient (Wildman–Crippen LogP) is 20.6. The third-order valence-corrected chi connectivity index (χ3v) is 18.5. The van der Waals surface area contributed by atoms with Crippen molar-refractivity contribution in [2.45, 2.75) is 362 Å². The Bertz CT molecular complexity index is 1900. The summed E-state index contributed by atoms with van der Waals surface area (Å²) in [4.78, 5) is 72.6. The molecule has 0 aliphatic rings. The summed E-state index contributed by atoms with van der Waals surface area (Å²) in [5.74, 6) is 0.0882. The number of rotatable bonds is 69. The van der Waals surface area contributed by atoms with Crippen molar-refractivity contribution in [2.75, 3.05) is 39.6 Å². The number of unbranched alkanes of at least 4 members (excludes halogenated alkanes) is 33. The van der Waals surface area contributed by atoms with Gasteiger partial charge in [0.15, 0.2) is 12.2 Å². The number of phosphoric ester groups is 2. The second-order valence-electron chi connectivity index (χ2n) is 26.8. The third kappa shape index (κ3) is 64.9. The van der Waals surface area contributed by atoms with Crippen molar-refractivity contribution in [1.29, 1.82) is 0 Å². The lowest BCUT2D eigenvalue weighted by atomic mass is 10.00. The molecule has 0 saturated heterocycles. The summed E-state index contributed by atoms with van der Waals surface area (Å²) in [7, 11) is -9.92. The summed E-state index contributed by atoms with van der Waals surface area (Å²) in [6.45, 7) is 11.7. The number of hydrogen-bond donors (Lipinski definition) is 3. The van der Waals surface area contributed by atoms with Gasteiger partial charge in [0, 0.05) is 25.7 Å². The fourth-order valence-corrected chi connectivity index (χ4v) is 12.1. The minimum Gasteiger partial charge on any atom is -0.462 e. The van der Waals surface area contributed by atoms with Crippen molar-refractivity contribution in [3.63, 3.8) is 0 Å².